The molecular formula is C10H16N4. The molecule has 1 aliphatic rings. The third-order valence-electron chi connectivity index (χ3n) is 2.90. The van der Waals surface area contributed by atoms with E-state index in [4.69, 9.17) is 0 Å². The summed E-state index contributed by atoms with van der Waals surface area (Å²) in [6, 6.07) is 0.615. The summed E-state index contributed by atoms with van der Waals surface area (Å²) in [5.41, 5.74) is 2.27. The number of aryl methyl sites for hydroxylation is 1. The molecule has 0 aliphatic carbocycles. The van der Waals surface area contributed by atoms with E-state index in [9.17, 15) is 0 Å². The van der Waals surface area contributed by atoms with Gasteiger partial charge in [-0.3, -0.25) is 0 Å². The van der Waals surface area contributed by atoms with E-state index < -0.39 is 0 Å². The molecule has 2 heterocycles. The molecule has 0 spiro atoms. The highest BCUT2D eigenvalue weighted by Crippen LogP contribution is 2.22. The third-order valence-corrected chi connectivity index (χ3v) is 2.90. The molecule has 1 aliphatic heterocycles. The maximum absolute atomic E-state index is 4.32. The average molecular weight is 192 g/mol. The Hall–Kier alpha value is -1.16. The highest BCUT2D eigenvalue weighted by atomic mass is 15.3. The van der Waals surface area contributed by atoms with E-state index in [0.717, 1.165) is 24.6 Å². The zero-order valence-electron chi connectivity index (χ0n) is 8.91. The molecule has 0 radical (unpaired) electrons. The van der Waals surface area contributed by atoms with Gasteiger partial charge in [0.2, 0.25) is 0 Å². The lowest BCUT2D eigenvalue weighted by atomic mass is 10.1. The van der Waals surface area contributed by atoms with Crippen molar-refractivity contribution in [2.75, 3.05) is 25.0 Å². The van der Waals surface area contributed by atoms with Gasteiger partial charge in [-0.15, -0.1) is 0 Å². The molecule has 76 valence electrons. The number of nitrogens with one attached hydrogen (secondary N) is 1. The Morgan fingerprint density at radius 2 is 2.07 bits per heavy atom. The van der Waals surface area contributed by atoms with Crippen LogP contribution in [0.2, 0.25) is 0 Å². The molecule has 0 aromatic carbocycles. The summed E-state index contributed by atoms with van der Waals surface area (Å²) in [5, 5.41) is 3.25. The molecule has 0 unspecified atom stereocenters. The molecule has 0 amide bonds. The summed E-state index contributed by atoms with van der Waals surface area (Å²) in [6.07, 6.45) is 1.64. The van der Waals surface area contributed by atoms with Crippen LogP contribution in [0, 0.1) is 13.8 Å². The fraction of sp³-hybridized carbons (Fsp3) is 0.600. The van der Waals surface area contributed by atoms with Gasteiger partial charge in [0.15, 0.2) is 0 Å². The monoisotopic (exact) mass is 192 g/mol. The molecule has 0 bridgehead atoms. The zero-order valence-corrected chi connectivity index (χ0v) is 8.91. The largest absolute Gasteiger partial charge is 0.353 e. The number of rotatable bonds is 2. The highest BCUT2D eigenvalue weighted by molar-refractivity contribution is 5.50. The quantitative estimate of drug-likeness (QED) is 0.741. The molecule has 1 aromatic heterocycles. The molecule has 0 saturated carbocycles. The molecule has 14 heavy (non-hydrogen) atoms. The van der Waals surface area contributed by atoms with Crippen molar-refractivity contribution < 1.29 is 0 Å². The Morgan fingerprint density at radius 1 is 1.36 bits per heavy atom. The minimum absolute atomic E-state index is 0.615. The van der Waals surface area contributed by atoms with E-state index in [-0.39, 0.29) is 0 Å². The van der Waals surface area contributed by atoms with E-state index in [1.54, 1.807) is 6.33 Å². The van der Waals surface area contributed by atoms with Crippen LogP contribution in [-0.4, -0.2) is 36.1 Å². The van der Waals surface area contributed by atoms with Gasteiger partial charge in [0.25, 0.3) is 0 Å². The van der Waals surface area contributed by atoms with Gasteiger partial charge in [0, 0.05) is 30.4 Å². The van der Waals surface area contributed by atoms with Crippen LogP contribution in [0.3, 0.4) is 0 Å². The Bertz CT molecular complexity index is 331. The molecule has 2 rings (SSSR count). The van der Waals surface area contributed by atoms with E-state index >= 15 is 0 Å². The summed E-state index contributed by atoms with van der Waals surface area (Å²) >= 11 is 0. The molecule has 4 nitrogen and oxygen atoms in total. The predicted octanol–water partition coefficient (Wildman–Crippen LogP) is 0.501. The van der Waals surface area contributed by atoms with Crippen molar-refractivity contribution in [1.29, 1.82) is 0 Å². The van der Waals surface area contributed by atoms with Crippen LogP contribution >= 0.6 is 0 Å². The van der Waals surface area contributed by atoms with Crippen molar-refractivity contribution in [3.05, 3.63) is 17.6 Å². The fourth-order valence-corrected chi connectivity index (χ4v) is 1.68. The Morgan fingerprint density at radius 3 is 2.71 bits per heavy atom. The van der Waals surface area contributed by atoms with Gasteiger partial charge in [0.1, 0.15) is 12.1 Å². The van der Waals surface area contributed by atoms with Crippen LogP contribution in [0.5, 0.6) is 0 Å². The maximum atomic E-state index is 4.32. The fourth-order valence-electron chi connectivity index (χ4n) is 1.68. The highest BCUT2D eigenvalue weighted by Gasteiger charge is 2.27. The SMILES string of the molecule is CNC1CN(c2ncnc(C)c2C)C1. The number of hydrogen-bond acceptors (Lipinski definition) is 4. The normalized spacial score (nSPS) is 16.9. The van der Waals surface area contributed by atoms with Crippen LogP contribution in [0.4, 0.5) is 5.82 Å². The van der Waals surface area contributed by atoms with Gasteiger partial charge in [-0.05, 0) is 20.9 Å². The number of nitrogens with zero attached hydrogens (tertiary/aromatic N) is 3. The first kappa shape index (κ1) is 9.40. The molecular weight excluding hydrogens is 176 g/mol. The topological polar surface area (TPSA) is 41.0 Å². The maximum Gasteiger partial charge on any atom is 0.135 e. The standard InChI is InChI=1S/C10H16N4/c1-7-8(2)12-6-13-10(7)14-4-9(5-14)11-3/h6,9,11H,4-5H2,1-3H3. The summed E-state index contributed by atoms with van der Waals surface area (Å²) in [4.78, 5) is 10.8. The van der Waals surface area contributed by atoms with Crippen molar-refractivity contribution >= 4 is 5.82 Å². The van der Waals surface area contributed by atoms with E-state index in [1.807, 2.05) is 14.0 Å². The Kier molecular flexibility index (Phi) is 2.37. The number of hydrogen-bond donors (Lipinski definition) is 1. The van der Waals surface area contributed by atoms with Gasteiger partial charge >= 0.3 is 0 Å². The summed E-state index contributed by atoms with van der Waals surface area (Å²) in [6.45, 7) is 6.20. The van der Waals surface area contributed by atoms with E-state index in [2.05, 4.69) is 27.1 Å². The Labute approximate surface area is 84.4 Å². The lowest BCUT2D eigenvalue weighted by Gasteiger charge is -2.40. The van der Waals surface area contributed by atoms with Gasteiger partial charge < -0.3 is 10.2 Å². The summed E-state index contributed by atoms with van der Waals surface area (Å²) in [5.74, 6) is 1.09. The number of anilines is 1. The van der Waals surface area contributed by atoms with Crippen molar-refractivity contribution in [1.82, 2.24) is 15.3 Å². The summed E-state index contributed by atoms with van der Waals surface area (Å²) in [7, 11) is 2.00. The second kappa shape index (κ2) is 3.53. The molecule has 0 atom stereocenters. The van der Waals surface area contributed by atoms with Crippen molar-refractivity contribution in [3.63, 3.8) is 0 Å². The number of likely N-dealkylation sites (N-methyl/N-ethyl adjacent to an activating group) is 1. The van der Waals surface area contributed by atoms with Crippen LogP contribution in [-0.2, 0) is 0 Å². The lowest BCUT2D eigenvalue weighted by molar-refractivity contribution is 0.446. The lowest BCUT2D eigenvalue weighted by Crippen LogP contribution is -2.57. The van der Waals surface area contributed by atoms with Gasteiger partial charge in [-0.25, -0.2) is 9.97 Å². The predicted molar refractivity (Wildman–Crippen MR) is 56.6 cm³/mol. The first-order chi connectivity index (χ1) is 6.72. The molecule has 1 saturated heterocycles. The molecule has 4 heteroatoms. The summed E-state index contributed by atoms with van der Waals surface area (Å²) < 4.78 is 0. The first-order valence-corrected chi connectivity index (χ1v) is 4.92. The minimum atomic E-state index is 0.615. The third kappa shape index (κ3) is 1.46. The second-order valence-electron chi connectivity index (χ2n) is 3.80. The smallest absolute Gasteiger partial charge is 0.135 e. The van der Waals surface area contributed by atoms with Crippen molar-refractivity contribution in [2.45, 2.75) is 19.9 Å². The van der Waals surface area contributed by atoms with Crippen LogP contribution in [0.1, 0.15) is 11.3 Å². The van der Waals surface area contributed by atoms with Crippen molar-refractivity contribution in [2.24, 2.45) is 0 Å². The van der Waals surface area contributed by atoms with Crippen LogP contribution in [0.15, 0.2) is 6.33 Å². The zero-order chi connectivity index (χ0) is 10.1. The second-order valence-corrected chi connectivity index (χ2v) is 3.80. The number of aromatic nitrogens is 2. The average Bonchev–Trinajstić information content (AvgIpc) is 2.10. The van der Waals surface area contributed by atoms with E-state index in [0.29, 0.717) is 6.04 Å². The molecule has 1 aromatic rings. The molecule has 1 fully saturated rings. The first-order valence-electron chi connectivity index (χ1n) is 4.92. The van der Waals surface area contributed by atoms with Crippen molar-refractivity contribution in [3.8, 4) is 0 Å². The van der Waals surface area contributed by atoms with Crippen LogP contribution < -0.4 is 10.2 Å². The molecule has 1 N–H and O–H groups in total. The minimum Gasteiger partial charge on any atom is -0.353 e. The van der Waals surface area contributed by atoms with Gasteiger partial charge in [-0.2, -0.15) is 0 Å². The van der Waals surface area contributed by atoms with Crippen LogP contribution in [0.25, 0.3) is 0 Å². The van der Waals surface area contributed by atoms with Gasteiger partial charge in [-0.1, -0.05) is 0 Å². The van der Waals surface area contributed by atoms with Gasteiger partial charge in [0.05, 0.1) is 0 Å². The Balaban J connectivity index is 2.14. The van der Waals surface area contributed by atoms with E-state index in [1.165, 1.54) is 5.56 Å².